The lowest BCUT2D eigenvalue weighted by atomic mass is 9.95. The van der Waals surface area contributed by atoms with E-state index in [1.54, 1.807) is 19.2 Å². The molecule has 0 saturated heterocycles. The topological polar surface area (TPSA) is 73.8 Å². The molecule has 1 aliphatic heterocycles. The summed E-state index contributed by atoms with van der Waals surface area (Å²) in [6, 6.07) is 19.7. The van der Waals surface area contributed by atoms with E-state index in [-0.39, 0.29) is 24.3 Å². The molecule has 1 aliphatic rings. The summed E-state index contributed by atoms with van der Waals surface area (Å²) < 4.78 is 5.18. The highest BCUT2D eigenvalue weighted by Gasteiger charge is 2.32. The summed E-state index contributed by atoms with van der Waals surface area (Å²) in [5.41, 5.74) is 3.45. The quantitative estimate of drug-likeness (QED) is 0.602. The second-order valence-electron chi connectivity index (χ2n) is 7.29. The van der Waals surface area contributed by atoms with Crippen molar-refractivity contribution >= 4 is 35.0 Å². The van der Waals surface area contributed by atoms with Gasteiger partial charge in [-0.05, 0) is 64.7 Å². The first-order chi connectivity index (χ1) is 14.9. The molecule has 7 heteroatoms. The number of carbonyl (C=O) groups excluding carboxylic acids is 1. The third-order valence-electron chi connectivity index (χ3n) is 5.13. The van der Waals surface area contributed by atoms with Gasteiger partial charge in [0.15, 0.2) is 0 Å². The number of carboxylic acids is 1. The summed E-state index contributed by atoms with van der Waals surface area (Å²) in [6.45, 7) is 0.280. The third kappa shape index (κ3) is 4.74. The molecule has 1 heterocycles. The van der Waals surface area contributed by atoms with Crippen LogP contribution in [0.15, 0.2) is 71.7 Å². The molecule has 0 radical (unpaired) electrons. The van der Waals surface area contributed by atoms with Gasteiger partial charge in [-0.2, -0.15) is 0 Å². The molecule has 5 nitrogen and oxygen atoms in total. The standard InChI is InChI=1S/C24H20Cl2N2O3/c1-31-13-14-10-17(12-18(11-14)24(29)30)23-27-21(15-2-6-19(25)7-3-15)22(28-23)16-4-8-20(26)9-5-16/h2-12,21-22H,13H2,1H3,(H,27,28)(H,29,30)/p-1. The highest BCUT2D eigenvalue weighted by atomic mass is 35.5. The molecule has 0 aliphatic carbocycles. The van der Waals surface area contributed by atoms with Gasteiger partial charge in [-0.3, -0.25) is 4.99 Å². The van der Waals surface area contributed by atoms with Crippen LogP contribution in [0.1, 0.15) is 44.7 Å². The van der Waals surface area contributed by atoms with Crippen LogP contribution in [0.5, 0.6) is 0 Å². The van der Waals surface area contributed by atoms with Crippen LogP contribution in [0, 0.1) is 0 Å². The second kappa shape index (κ2) is 9.10. The van der Waals surface area contributed by atoms with Gasteiger partial charge in [0, 0.05) is 22.7 Å². The van der Waals surface area contributed by atoms with Crippen molar-refractivity contribution in [2.24, 2.45) is 4.99 Å². The molecule has 3 aromatic rings. The van der Waals surface area contributed by atoms with Crippen molar-refractivity contribution in [2.45, 2.75) is 18.7 Å². The number of amidine groups is 1. The molecule has 2 unspecified atom stereocenters. The van der Waals surface area contributed by atoms with Crippen molar-refractivity contribution in [1.82, 2.24) is 5.32 Å². The first-order valence-corrected chi connectivity index (χ1v) is 10.4. The third-order valence-corrected chi connectivity index (χ3v) is 5.63. The molecule has 0 amide bonds. The molecule has 4 rings (SSSR count). The van der Waals surface area contributed by atoms with Gasteiger partial charge in [-0.15, -0.1) is 0 Å². The fourth-order valence-electron chi connectivity index (χ4n) is 3.69. The van der Waals surface area contributed by atoms with Crippen LogP contribution >= 0.6 is 23.2 Å². The Bertz CT molecular complexity index is 1130. The first kappa shape index (κ1) is 21.4. The molecule has 31 heavy (non-hydrogen) atoms. The number of benzene rings is 3. The second-order valence-corrected chi connectivity index (χ2v) is 8.16. The number of hydrogen-bond donors (Lipinski definition) is 1. The van der Waals surface area contributed by atoms with Crippen molar-refractivity contribution in [3.05, 3.63) is 105 Å². The van der Waals surface area contributed by atoms with Crippen LogP contribution in [0.2, 0.25) is 10.0 Å². The molecular weight excluding hydrogens is 435 g/mol. The Morgan fingerprint density at radius 2 is 1.61 bits per heavy atom. The number of nitrogens with zero attached hydrogens (tertiary/aromatic N) is 1. The van der Waals surface area contributed by atoms with Gasteiger partial charge in [0.1, 0.15) is 11.9 Å². The maximum absolute atomic E-state index is 11.5. The predicted octanol–water partition coefficient (Wildman–Crippen LogP) is 4.34. The van der Waals surface area contributed by atoms with Gasteiger partial charge in [-0.25, -0.2) is 0 Å². The summed E-state index contributed by atoms with van der Waals surface area (Å²) in [7, 11) is 1.56. The number of carbonyl (C=O) groups is 1. The smallest absolute Gasteiger partial charge is 0.129 e. The van der Waals surface area contributed by atoms with Gasteiger partial charge in [0.05, 0.1) is 18.6 Å². The van der Waals surface area contributed by atoms with E-state index in [2.05, 4.69) is 5.32 Å². The number of nitrogens with one attached hydrogen (secondary N) is 1. The van der Waals surface area contributed by atoms with E-state index in [0.29, 0.717) is 21.4 Å². The molecule has 0 aromatic heterocycles. The van der Waals surface area contributed by atoms with Crippen LogP contribution in [-0.2, 0) is 11.3 Å². The fourth-order valence-corrected chi connectivity index (χ4v) is 3.95. The number of aromatic carboxylic acids is 1. The number of carboxylic acid groups (broad SMARTS) is 1. The van der Waals surface area contributed by atoms with Crippen LogP contribution in [0.4, 0.5) is 0 Å². The molecule has 0 fully saturated rings. The molecule has 2 atom stereocenters. The van der Waals surface area contributed by atoms with Gasteiger partial charge < -0.3 is 20.0 Å². The zero-order valence-corrected chi connectivity index (χ0v) is 18.2. The molecule has 1 N–H and O–H groups in total. The average Bonchev–Trinajstić information content (AvgIpc) is 3.20. The monoisotopic (exact) mass is 453 g/mol. The number of methoxy groups -OCH3 is 1. The minimum absolute atomic E-state index is 0.0760. The van der Waals surface area contributed by atoms with Crippen molar-refractivity contribution < 1.29 is 14.6 Å². The Morgan fingerprint density at radius 1 is 1.00 bits per heavy atom. The van der Waals surface area contributed by atoms with E-state index < -0.39 is 5.97 Å². The van der Waals surface area contributed by atoms with E-state index in [4.69, 9.17) is 32.9 Å². The normalized spacial score (nSPS) is 17.8. The molecule has 3 aromatic carbocycles. The maximum Gasteiger partial charge on any atom is 0.129 e. The van der Waals surface area contributed by atoms with E-state index >= 15 is 0 Å². The zero-order valence-electron chi connectivity index (χ0n) is 16.6. The summed E-state index contributed by atoms with van der Waals surface area (Å²) in [6.07, 6.45) is 0. The van der Waals surface area contributed by atoms with Gasteiger partial charge in [0.2, 0.25) is 0 Å². The molecule has 0 bridgehead atoms. The van der Waals surface area contributed by atoms with Crippen molar-refractivity contribution in [1.29, 1.82) is 0 Å². The average molecular weight is 454 g/mol. The Labute approximate surface area is 190 Å². The number of aliphatic imine (C=N–C) groups is 1. The lowest BCUT2D eigenvalue weighted by Crippen LogP contribution is -2.26. The van der Waals surface area contributed by atoms with E-state index in [1.165, 1.54) is 0 Å². The lowest BCUT2D eigenvalue weighted by molar-refractivity contribution is -0.255. The number of ether oxygens (including phenoxy) is 1. The number of hydrogen-bond acceptors (Lipinski definition) is 5. The fraction of sp³-hybridized carbons (Fsp3) is 0.167. The van der Waals surface area contributed by atoms with Gasteiger partial charge in [0.25, 0.3) is 0 Å². The van der Waals surface area contributed by atoms with Crippen LogP contribution in [0.25, 0.3) is 0 Å². The summed E-state index contributed by atoms with van der Waals surface area (Å²) in [5, 5.41) is 16.3. The maximum atomic E-state index is 11.5. The molecule has 158 valence electrons. The summed E-state index contributed by atoms with van der Waals surface area (Å²) >= 11 is 12.1. The highest BCUT2D eigenvalue weighted by Crippen LogP contribution is 2.38. The van der Waals surface area contributed by atoms with Crippen molar-refractivity contribution in [3.8, 4) is 0 Å². The van der Waals surface area contributed by atoms with Gasteiger partial charge >= 0.3 is 0 Å². The van der Waals surface area contributed by atoms with Crippen LogP contribution in [-0.4, -0.2) is 18.9 Å². The van der Waals surface area contributed by atoms with Crippen LogP contribution < -0.4 is 10.4 Å². The molecule has 0 spiro atoms. The minimum atomic E-state index is -1.25. The van der Waals surface area contributed by atoms with Crippen molar-refractivity contribution in [2.75, 3.05) is 7.11 Å². The number of rotatable bonds is 6. The minimum Gasteiger partial charge on any atom is -0.545 e. The Morgan fingerprint density at radius 3 is 2.19 bits per heavy atom. The largest absolute Gasteiger partial charge is 0.545 e. The van der Waals surface area contributed by atoms with E-state index in [9.17, 15) is 9.90 Å². The Kier molecular flexibility index (Phi) is 6.28. The SMILES string of the molecule is COCc1cc(C(=O)[O-])cc(C2=NC(c3ccc(Cl)cc3)C(c3ccc(Cl)cc3)N2)c1. The zero-order chi connectivity index (χ0) is 22.0. The Balaban J connectivity index is 1.77. The van der Waals surface area contributed by atoms with Gasteiger partial charge in [-0.1, -0.05) is 47.5 Å². The van der Waals surface area contributed by atoms with Crippen molar-refractivity contribution in [3.63, 3.8) is 0 Å². The first-order valence-electron chi connectivity index (χ1n) is 9.64. The summed E-state index contributed by atoms with van der Waals surface area (Å²) in [5.74, 6) is -0.651. The van der Waals surface area contributed by atoms with E-state index in [1.807, 2.05) is 54.6 Å². The Hall–Kier alpha value is -2.86. The van der Waals surface area contributed by atoms with Crippen LogP contribution in [0.3, 0.4) is 0 Å². The summed E-state index contributed by atoms with van der Waals surface area (Å²) in [4.78, 5) is 16.4. The molecule has 0 saturated carbocycles. The lowest BCUT2D eigenvalue weighted by Gasteiger charge is -2.20. The van der Waals surface area contributed by atoms with E-state index in [0.717, 1.165) is 16.7 Å². The highest BCUT2D eigenvalue weighted by molar-refractivity contribution is 6.30. The predicted molar refractivity (Wildman–Crippen MR) is 120 cm³/mol. The number of halogens is 2. The molecular formula is C24H19Cl2N2O3-.